The molecule has 0 aliphatic heterocycles. The average Bonchev–Trinajstić information content (AvgIpc) is 3.09. The molecule has 0 saturated heterocycles. The molecule has 290 valence electrons. The Morgan fingerprint density at radius 3 is 1.07 bits per heavy atom. The summed E-state index contributed by atoms with van der Waals surface area (Å²) in [4.78, 5) is -2.91. The van der Waals surface area contributed by atoms with Gasteiger partial charge >= 0.3 is 0 Å². The van der Waals surface area contributed by atoms with Crippen LogP contribution in [0.4, 0.5) is 34.1 Å². The molecule has 0 aliphatic carbocycles. The first kappa shape index (κ1) is 39.6. The third kappa shape index (κ3) is 7.57. The van der Waals surface area contributed by atoms with E-state index in [9.17, 15) is 62.1 Å². The standard InChI is InChI=1S/C32H24N6O14S4/c33-21-7-11-25(53(41,42)43)19-5-9-23(31(39)29(19)21)37-35-15-1-3-17(27(13-15)55(47,48)49)18-4-2-16(14-28(18)56(50,51)52)36-38-24-10-6-20-26(54(44,45)46)12-8-22(34)30(20)32(24)40/h1-14,39-40H,33-34H2,(H,41,42,43)(H,44,45,46)(H,47,48,49)(H,50,51,52). The zero-order valence-corrected chi connectivity index (χ0v) is 30.9. The molecule has 0 atom stereocenters. The Morgan fingerprint density at radius 1 is 0.411 bits per heavy atom. The lowest BCUT2D eigenvalue weighted by atomic mass is 10.0. The van der Waals surface area contributed by atoms with E-state index < -0.39 is 82.7 Å². The molecule has 6 rings (SSSR count). The number of aromatic hydroxyl groups is 2. The second-order valence-electron chi connectivity index (χ2n) is 11.7. The highest BCUT2D eigenvalue weighted by atomic mass is 32.2. The molecule has 6 aromatic rings. The van der Waals surface area contributed by atoms with Crippen molar-refractivity contribution in [2.45, 2.75) is 19.6 Å². The van der Waals surface area contributed by atoms with Crippen LogP contribution in [-0.4, -0.2) is 62.1 Å². The van der Waals surface area contributed by atoms with Crippen molar-refractivity contribution in [1.29, 1.82) is 0 Å². The van der Waals surface area contributed by atoms with Gasteiger partial charge in [0, 0.05) is 33.3 Å². The Morgan fingerprint density at radius 2 is 0.750 bits per heavy atom. The van der Waals surface area contributed by atoms with E-state index >= 15 is 0 Å². The summed E-state index contributed by atoms with van der Waals surface area (Å²) in [6, 6.07) is 14.8. The predicted molar refractivity (Wildman–Crippen MR) is 200 cm³/mol. The predicted octanol–water partition coefficient (Wildman–Crippen LogP) is 6.05. The molecule has 0 spiro atoms. The lowest BCUT2D eigenvalue weighted by Crippen LogP contribution is -2.05. The lowest BCUT2D eigenvalue weighted by Gasteiger charge is -2.12. The van der Waals surface area contributed by atoms with Crippen molar-refractivity contribution < 1.29 is 62.1 Å². The number of hydrogen-bond acceptors (Lipinski definition) is 16. The number of fused-ring (bicyclic) bond motifs is 2. The highest BCUT2D eigenvalue weighted by molar-refractivity contribution is 7.87. The smallest absolute Gasteiger partial charge is 0.295 e. The van der Waals surface area contributed by atoms with E-state index in [4.69, 9.17) is 11.5 Å². The number of nitrogens with two attached hydrogens (primary N) is 2. The van der Waals surface area contributed by atoms with Crippen LogP contribution in [0.3, 0.4) is 0 Å². The Hall–Kier alpha value is -6.12. The van der Waals surface area contributed by atoms with Crippen LogP contribution in [0.15, 0.2) is 125 Å². The second-order valence-corrected chi connectivity index (χ2v) is 17.2. The molecular weight excluding hydrogens is 821 g/mol. The van der Waals surface area contributed by atoms with Gasteiger partial charge in [-0.2, -0.15) is 43.9 Å². The number of rotatable bonds is 9. The SMILES string of the molecule is Nc1ccc(S(=O)(=O)O)c2ccc(N=Nc3ccc(-c4ccc(N=Nc5ccc6c(S(=O)(=O)O)ccc(N)c6c5O)cc4S(=O)(=O)O)c(S(=O)(=O)O)c3)c(O)c12. The van der Waals surface area contributed by atoms with Gasteiger partial charge in [0.05, 0.1) is 22.1 Å². The van der Waals surface area contributed by atoms with Crippen LogP contribution in [-0.2, 0) is 40.5 Å². The van der Waals surface area contributed by atoms with Crippen LogP contribution in [0.5, 0.6) is 11.5 Å². The summed E-state index contributed by atoms with van der Waals surface area (Å²) >= 11 is 0. The van der Waals surface area contributed by atoms with E-state index in [0.717, 1.165) is 72.8 Å². The van der Waals surface area contributed by atoms with Crippen molar-refractivity contribution in [2.75, 3.05) is 11.5 Å². The van der Waals surface area contributed by atoms with Crippen LogP contribution >= 0.6 is 0 Å². The Labute approximate surface area is 316 Å². The molecule has 10 N–H and O–H groups in total. The summed E-state index contributed by atoms with van der Waals surface area (Å²) in [5.74, 6) is -1.30. The first-order valence-electron chi connectivity index (χ1n) is 15.1. The summed E-state index contributed by atoms with van der Waals surface area (Å²) in [5, 5.41) is 36.4. The molecular formula is C32H24N6O14S4. The lowest BCUT2D eigenvalue weighted by molar-refractivity contribution is 0.480. The molecule has 0 unspecified atom stereocenters. The van der Waals surface area contributed by atoms with Gasteiger partial charge in [0.2, 0.25) is 0 Å². The molecule has 0 amide bonds. The summed E-state index contributed by atoms with van der Waals surface area (Å²) in [7, 11) is -19.8. The highest BCUT2D eigenvalue weighted by Crippen LogP contribution is 2.43. The van der Waals surface area contributed by atoms with E-state index in [1.165, 1.54) is 12.1 Å². The van der Waals surface area contributed by atoms with Gasteiger partial charge in [0.1, 0.15) is 31.0 Å². The maximum Gasteiger partial charge on any atom is 0.295 e. The Bertz CT molecular complexity index is 2980. The van der Waals surface area contributed by atoms with Crippen molar-refractivity contribution in [3.63, 3.8) is 0 Å². The molecule has 0 heterocycles. The molecule has 24 heteroatoms. The minimum atomic E-state index is -5.16. The molecule has 0 aliphatic rings. The number of hydrogen-bond donors (Lipinski definition) is 8. The third-order valence-corrected chi connectivity index (χ3v) is 11.7. The van der Waals surface area contributed by atoms with Crippen LogP contribution in [0.2, 0.25) is 0 Å². The summed E-state index contributed by atoms with van der Waals surface area (Å²) < 4.78 is 137. The normalized spacial score (nSPS) is 13.0. The van der Waals surface area contributed by atoms with Gasteiger partial charge in [-0.25, -0.2) is 0 Å². The van der Waals surface area contributed by atoms with Gasteiger partial charge in [-0.05, 0) is 60.7 Å². The fourth-order valence-corrected chi connectivity index (χ4v) is 8.51. The molecule has 56 heavy (non-hydrogen) atoms. The summed E-state index contributed by atoms with van der Waals surface area (Å²) in [5.41, 5.74) is 9.67. The second kappa shape index (κ2) is 13.9. The van der Waals surface area contributed by atoms with Crippen molar-refractivity contribution in [3.8, 4) is 22.6 Å². The molecule has 6 aromatic carbocycles. The minimum absolute atomic E-state index is 0.0871. The van der Waals surface area contributed by atoms with E-state index in [1.807, 2.05) is 0 Å². The van der Waals surface area contributed by atoms with Crippen molar-refractivity contribution >= 4 is 96.1 Å². The summed E-state index contributed by atoms with van der Waals surface area (Å²) in [6.45, 7) is 0. The van der Waals surface area contributed by atoms with E-state index in [2.05, 4.69) is 20.5 Å². The van der Waals surface area contributed by atoms with Gasteiger partial charge in [0.25, 0.3) is 40.5 Å². The number of azo groups is 2. The van der Waals surface area contributed by atoms with Crippen LogP contribution in [0.1, 0.15) is 0 Å². The number of phenolic OH excluding ortho intramolecular Hbond substituents is 2. The number of benzene rings is 6. The largest absolute Gasteiger partial charge is 0.505 e. The van der Waals surface area contributed by atoms with Gasteiger partial charge in [-0.1, -0.05) is 24.3 Å². The van der Waals surface area contributed by atoms with E-state index in [1.54, 1.807) is 0 Å². The van der Waals surface area contributed by atoms with Gasteiger partial charge in [-0.15, -0.1) is 10.2 Å². The van der Waals surface area contributed by atoms with Gasteiger partial charge in [0.15, 0.2) is 11.5 Å². The molecule has 20 nitrogen and oxygen atoms in total. The average molecular weight is 845 g/mol. The quantitative estimate of drug-likeness (QED) is 0.0466. The highest BCUT2D eigenvalue weighted by Gasteiger charge is 2.25. The van der Waals surface area contributed by atoms with Crippen LogP contribution in [0, 0.1) is 0 Å². The molecule has 0 saturated carbocycles. The van der Waals surface area contributed by atoms with Crippen LogP contribution < -0.4 is 11.5 Å². The third-order valence-electron chi connectivity index (χ3n) is 8.13. The molecule has 0 bridgehead atoms. The first-order chi connectivity index (χ1) is 26.0. The molecule has 0 fully saturated rings. The van der Waals surface area contributed by atoms with Gasteiger partial charge < -0.3 is 21.7 Å². The number of anilines is 2. The van der Waals surface area contributed by atoms with E-state index in [-0.39, 0.29) is 55.7 Å². The van der Waals surface area contributed by atoms with Crippen molar-refractivity contribution in [1.82, 2.24) is 0 Å². The first-order valence-corrected chi connectivity index (χ1v) is 20.8. The fraction of sp³-hybridized carbons (Fsp3) is 0. The number of nitrogens with zero attached hydrogens (tertiary/aromatic N) is 4. The van der Waals surface area contributed by atoms with Gasteiger partial charge in [-0.3, -0.25) is 18.2 Å². The number of phenols is 2. The maximum absolute atomic E-state index is 12.6. The van der Waals surface area contributed by atoms with E-state index in [0.29, 0.717) is 0 Å². The summed E-state index contributed by atoms with van der Waals surface area (Å²) in [6.07, 6.45) is 0. The Balaban J connectivity index is 1.40. The number of nitrogen functional groups attached to an aromatic ring is 2. The zero-order valence-electron chi connectivity index (χ0n) is 27.6. The zero-order chi connectivity index (χ0) is 41.1. The molecule has 0 aromatic heterocycles. The van der Waals surface area contributed by atoms with Crippen molar-refractivity contribution in [3.05, 3.63) is 84.9 Å². The Kier molecular flexibility index (Phi) is 9.80. The fourth-order valence-electron chi connectivity index (χ4n) is 5.69. The van der Waals surface area contributed by atoms with Crippen LogP contribution in [0.25, 0.3) is 32.7 Å². The maximum atomic E-state index is 12.6. The topological polar surface area (TPSA) is 359 Å². The monoisotopic (exact) mass is 844 g/mol. The van der Waals surface area contributed by atoms with Crippen molar-refractivity contribution in [2.24, 2.45) is 20.5 Å². The molecule has 0 radical (unpaired) electrons. The minimum Gasteiger partial charge on any atom is -0.505 e.